The SMILES string of the molecule is FC(F)Oc1ccc(-c2nnc3cncc(OCc4ccccn4)n23)cc1. The first-order valence-electron chi connectivity index (χ1n) is 7.98. The lowest BCUT2D eigenvalue weighted by molar-refractivity contribution is -0.0498. The highest BCUT2D eigenvalue weighted by Crippen LogP contribution is 2.25. The maximum atomic E-state index is 12.3. The molecule has 0 saturated carbocycles. The van der Waals surface area contributed by atoms with Crippen molar-refractivity contribution in [2.75, 3.05) is 0 Å². The summed E-state index contributed by atoms with van der Waals surface area (Å²) in [7, 11) is 0. The molecule has 3 aromatic heterocycles. The molecule has 0 aliphatic heterocycles. The van der Waals surface area contributed by atoms with E-state index in [1.165, 1.54) is 12.1 Å². The highest BCUT2D eigenvalue weighted by molar-refractivity contribution is 5.61. The first kappa shape index (κ1) is 16.8. The fourth-order valence-electron chi connectivity index (χ4n) is 2.53. The van der Waals surface area contributed by atoms with Crippen molar-refractivity contribution in [3.8, 4) is 23.0 Å². The quantitative estimate of drug-likeness (QED) is 0.519. The topological polar surface area (TPSA) is 74.4 Å². The molecule has 0 aliphatic carbocycles. The second-order valence-electron chi connectivity index (χ2n) is 5.48. The van der Waals surface area contributed by atoms with E-state index in [9.17, 15) is 8.78 Å². The number of hydrogen-bond acceptors (Lipinski definition) is 6. The lowest BCUT2D eigenvalue weighted by Gasteiger charge is -2.09. The maximum Gasteiger partial charge on any atom is 0.387 e. The van der Waals surface area contributed by atoms with E-state index in [4.69, 9.17) is 4.74 Å². The Balaban J connectivity index is 1.65. The Morgan fingerprint density at radius 3 is 2.59 bits per heavy atom. The Hall–Kier alpha value is -3.62. The zero-order valence-corrected chi connectivity index (χ0v) is 13.9. The van der Waals surface area contributed by atoms with Crippen LogP contribution in [-0.4, -0.2) is 31.2 Å². The van der Waals surface area contributed by atoms with Gasteiger partial charge in [0, 0.05) is 11.8 Å². The Kier molecular flexibility index (Phi) is 4.56. The molecule has 3 heterocycles. The van der Waals surface area contributed by atoms with Gasteiger partial charge in [-0.3, -0.25) is 9.97 Å². The summed E-state index contributed by atoms with van der Waals surface area (Å²) in [6.45, 7) is -2.62. The Morgan fingerprint density at radius 1 is 1.00 bits per heavy atom. The third-order valence-electron chi connectivity index (χ3n) is 3.72. The summed E-state index contributed by atoms with van der Waals surface area (Å²) in [4.78, 5) is 8.32. The number of ether oxygens (including phenoxy) is 2. The van der Waals surface area contributed by atoms with E-state index >= 15 is 0 Å². The summed E-state index contributed by atoms with van der Waals surface area (Å²) in [6.07, 6.45) is 4.79. The number of rotatable bonds is 6. The minimum Gasteiger partial charge on any atom is -0.471 e. The lowest BCUT2D eigenvalue weighted by atomic mass is 10.2. The Bertz CT molecular complexity index is 1040. The summed E-state index contributed by atoms with van der Waals surface area (Å²) in [5.41, 5.74) is 1.92. The highest BCUT2D eigenvalue weighted by Gasteiger charge is 2.14. The second-order valence-corrected chi connectivity index (χ2v) is 5.48. The van der Waals surface area contributed by atoms with Gasteiger partial charge in [0.1, 0.15) is 12.4 Å². The van der Waals surface area contributed by atoms with E-state index < -0.39 is 6.61 Å². The number of fused-ring (bicyclic) bond motifs is 1. The van der Waals surface area contributed by atoms with Crippen LogP contribution >= 0.6 is 0 Å². The molecule has 0 radical (unpaired) electrons. The van der Waals surface area contributed by atoms with E-state index in [-0.39, 0.29) is 12.4 Å². The Labute approximate surface area is 152 Å². The molecule has 4 aromatic rings. The van der Waals surface area contributed by atoms with Crippen molar-refractivity contribution in [1.82, 2.24) is 24.6 Å². The third-order valence-corrected chi connectivity index (χ3v) is 3.72. The summed E-state index contributed by atoms with van der Waals surface area (Å²) in [5.74, 6) is 0.994. The van der Waals surface area contributed by atoms with Crippen LogP contribution in [0.1, 0.15) is 5.69 Å². The molecular formula is C18H13F2N5O2. The van der Waals surface area contributed by atoms with Gasteiger partial charge in [0.2, 0.25) is 5.88 Å². The van der Waals surface area contributed by atoms with E-state index in [1.807, 2.05) is 18.2 Å². The zero-order valence-electron chi connectivity index (χ0n) is 13.9. The average Bonchev–Trinajstić information content (AvgIpc) is 3.12. The largest absolute Gasteiger partial charge is 0.471 e. The van der Waals surface area contributed by atoms with Crippen molar-refractivity contribution in [2.24, 2.45) is 0 Å². The number of hydrogen-bond donors (Lipinski definition) is 0. The van der Waals surface area contributed by atoms with Crippen molar-refractivity contribution < 1.29 is 18.3 Å². The smallest absolute Gasteiger partial charge is 0.387 e. The number of aromatic nitrogens is 5. The van der Waals surface area contributed by atoms with Crippen LogP contribution in [0.5, 0.6) is 11.6 Å². The molecule has 0 fully saturated rings. The normalized spacial score (nSPS) is 11.1. The number of alkyl halides is 2. The first-order chi connectivity index (χ1) is 13.2. The molecule has 0 saturated heterocycles. The van der Waals surface area contributed by atoms with Gasteiger partial charge in [-0.25, -0.2) is 4.40 Å². The number of benzene rings is 1. The van der Waals surface area contributed by atoms with Crippen LogP contribution in [0, 0.1) is 0 Å². The van der Waals surface area contributed by atoms with Crippen molar-refractivity contribution in [1.29, 1.82) is 0 Å². The molecule has 136 valence electrons. The summed E-state index contributed by atoms with van der Waals surface area (Å²) in [5, 5.41) is 8.25. The summed E-state index contributed by atoms with van der Waals surface area (Å²) in [6, 6.07) is 11.7. The summed E-state index contributed by atoms with van der Waals surface area (Å²) >= 11 is 0. The van der Waals surface area contributed by atoms with Gasteiger partial charge in [0.15, 0.2) is 11.5 Å². The molecule has 0 unspecified atom stereocenters. The molecule has 7 nitrogen and oxygen atoms in total. The van der Waals surface area contributed by atoms with Gasteiger partial charge < -0.3 is 9.47 Å². The second kappa shape index (κ2) is 7.32. The molecule has 0 bridgehead atoms. The molecule has 9 heteroatoms. The monoisotopic (exact) mass is 369 g/mol. The average molecular weight is 369 g/mol. The van der Waals surface area contributed by atoms with E-state index in [0.717, 1.165) is 5.69 Å². The van der Waals surface area contributed by atoms with Gasteiger partial charge in [-0.2, -0.15) is 8.78 Å². The molecule has 4 rings (SSSR count). The van der Waals surface area contributed by atoms with Gasteiger partial charge in [0.25, 0.3) is 0 Å². The van der Waals surface area contributed by atoms with Crippen molar-refractivity contribution in [2.45, 2.75) is 13.2 Å². The lowest BCUT2D eigenvalue weighted by Crippen LogP contribution is -2.03. The predicted octanol–water partition coefficient (Wildman–Crippen LogP) is 3.37. The van der Waals surface area contributed by atoms with Crippen LogP contribution in [-0.2, 0) is 6.61 Å². The molecule has 0 atom stereocenters. The summed E-state index contributed by atoms with van der Waals surface area (Å²) < 4.78 is 36.5. The van der Waals surface area contributed by atoms with E-state index in [2.05, 4.69) is 24.9 Å². The standard InChI is InChI=1S/C18H13F2N5O2/c19-18(20)27-14-6-4-12(5-7-14)17-24-23-15-9-21-10-16(25(15)17)26-11-13-3-1-2-8-22-13/h1-10,18H,11H2. The number of pyridine rings is 1. The van der Waals surface area contributed by atoms with Gasteiger partial charge in [0.05, 0.1) is 18.1 Å². The fraction of sp³-hybridized carbons (Fsp3) is 0.111. The van der Waals surface area contributed by atoms with Gasteiger partial charge in [-0.05, 0) is 36.4 Å². The molecule has 0 amide bonds. The number of halogens is 2. The van der Waals surface area contributed by atoms with E-state index in [1.54, 1.807) is 35.1 Å². The predicted molar refractivity (Wildman–Crippen MR) is 91.4 cm³/mol. The minimum atomic E-state index is -2.87. The van der Waals surface area contributed by atoms with Crippen LogP contribution in [0.15, 0.2) is 61.1 Å². The van der Waals surface area contributed by atoms with Crippen LogP contribution in [0.3, 0.4) is 0 Å². The van der Waals surface area contributed by atoms with Crippen molar-refractivity contribution >= 4 is 5.65 Å². The van der Waals surface area contributed by atoms with Gasteiger partial charge in [-0.15, -0.1) is 10.2 Å². The van der Waals surface area contributed by atoms with Crippen LogP contribution in [0.2, 0.25) is 0 Å². The minimum absolute atomic E-state index is 0.0656. The fourth-order valence-corrected chi connectivity index (χ4v) is 2.53. The molecular weight excluding hydrogens is 356 g/mol. The van der Waals surface area contributed by atoms with Crippen molar-refractivity contribution in [3.63, 3.8) is 0 Å². The van der Waals surface area contributed by atoms with Crippen LogP contribution in [0.4, 0.5) is 8.78 Å². The Morgan fingerprint density at radius 2 is 1.85 bits per heavy atom. The molecule has 27 heavy (non-hydrogen) atoms. The van der Waals surface area contributed by atoms with Crippen LogP contribution in [0.25, 0.3) is 17.0 Å². The molecule has 0 N–H and O–H groups in total. The van der Waals surface area contributed by atoms with Crippen LogP contribution < -0.4 is 9.47 Å². The molecule has 0 spiro atoms. The molecule has 1 aromatic carbocycles. The van der Waals surface area contributed by atoms with Gasteiger partial charge >= 0.3 is 6.61 Å². The zero-order chi connectivity index (χ0) is 18.6. The maximum absolute atomic E-state index is 12.3. The third kappa shape index (κ3) is 3.66. The molecule has 0 aliphatic rings. The number of nitrogens with zero attached hydrogens (tertiary/aromatic N) is 5. The first-order valence-corrected chi connectivity index (χ1v) is 7.98. The van der Waals surface area contributed by atoms with Crippen molar-refractivity contribution in [3.05, 3.63) is 66.7 Å². The van der Waals surface area contributed by atoms with Gasteiger partial charge in [-0.1, -0.05) is 6.07 Å². The van der Waals surface area contributed by atoms with E-state index in [0.29, 0.717) is 22.9 Å². The highest BCUT2D eigenvalue weighted by atomic mass is 19.3.